The molecular formula is C19H22FNO3S. The number of hydrogen-bond donors (Lipinski definition) is 1. The summed E-state index contributed by atoms with van der Waals surface area (Å²) in [5.41, 5.74) is 0.611. The molecule has 1 fully saturated rings. The topological polar surface area (TPSA) is 49.8 Å². The number of aliphatic hydroxyl groups excluding tert-OH is 1. The maximum atomic E-state index is 14.2. The average Bonchev–Trinajstić information content (AvgIpc) is 3.10. The van der Waals surface area contributed by atoms with Crippen LogP contribution in [-0.2, 0) is 0 Å². The molecule has 1 aliphatic rings. The number of aliphatic hydroxyl groups is 1. The second kappa shape index (κ2) is 7.64. The minimum atomic E-state index is -0.694. The molecular weight excluding hydrogens is 341 g/mol. The molecule has 2 heterocycles. The van der Waals surface area contributed by atoms with Crippen molar-refractivity contribution in [2.45, 2.75) is 18.9 Å². The molecule has 0 radical (unpaired) electrons. The Morgan fingerprint density at radius 2 is 2.08 bits per heavy atom. The number of ketones is 1. The van der Waals surface area contributed by atoms with Gasteiger partial charge in [0.25, 0.3) is 0 Å². The summed E-state index contributed by atoms with van der Waals surface area (Å²) in [4.78, 5) is 15.4. The molecule has 1 atom stereocenters. The number of rotatable bonds is 5. The third-order valence-corrected chi connectivity index (χ3v) is 5.78. The zero-order valence-corrected chi connectivity index (χ0v) is 15.2. The van der Waals surface area contributed by atoms with Gasteiger partial charge >= 0.3 is 0 Å². The summed E-state index contributed by atoms with van der Waals surface area (Å²) in [7, 11) is 3.51. The van der Waals surface area contributed by atoms with E-state index in [1.165, 1.54) is 30.6 Å². The fourth-order valence-electron chi connectivity index (χ4n) is 3.26. The molecule has 1 unspecified atom stereocenters. The molecule has 0 bridgehead atoms. The molecule has 1 saturated heterocycles. The van der Waals surface area contributed by atoms with Gasteiger partial charge in [-0.3, -0.25) is 4.79 Å². The Balaban J connectivity index is 1.84. The first kappa shape index (κ1) is 18.0. The quantitative estimate of drug-likeness (QED) is 0.826. The summed E-state index contributed by atoms with van der Waals surface area (Å²) in [6.45, 7) is 1.87. The van der Waals surface area contributed by atoms with Crippen LogP contribution in [0.2, 0.25) is 0 Å². The number of carbonyl (C=O) groups is 1. The number of likely N-dealkylation sites (tertiary alicyclic amines) is 1. The number of ether oxygens (including phenoxy) is 1. The van der Waals surface area contributed by atoms with Crippen LogP contribution in [0.4, 0.5) is 4.39 Å². The Hall–Kier alpha value is -1.76. The van der Waals surface area contributed by atoms with E-state index in [4.69, 9.17) is 4.74 Å². The van der Waals surface area contributed by atoms with Gasteiger partial charge in [0.05, 0.1) is 23.7 Å². The van der Waals surface area contributed by atoms with Gasteiger partial charge in [0.15, 0.2) is 0 Å². The Labute approximate surface area is 150 Å². The van der Waals surface area contributed by atoms with Crippen LogP contribution >= 0.6 is 11.3 Å². The first-order chi connectivity index (χ1) is 12.0. The Kier molecular flexibility index (Phi) is 5.51. The first-order valence-corrected chi connectivity index (χ1v) is 9.21. The van der Waals surface area contributed by atoms with Crippen LogP contribution in [0.25, 0.3) is 0 Å². The predicted molar refractivity (Wildman–Crippen MR) is 95.9 cm³/mol. The minimum Gasteiger partial charge on any atom is -0.497 e. The van der Waals surface area contributed by atoms with Gasteiger partial charge in [0.2, 0.25) is 5.78 Å². The lowest BCUT2D eigenvalue weighted by atomic mass is 9.87. The van der Waals surface area contributed by atoms with E-state index in [1.54, 1.807) is 17.5 Å². The smallest absolute Gasteiger partial charge is 0.206 e. The van der Waals surface area contributed by atoms with Gasteiger partial charge in [-0.2, -0.15) is 0 Å². The van der Waals surface area contributed by atoms with Crippen LogP contribution in [0.15, 0.2) is 29.6 Å². The highest BCUT2D eigenvalue weighted by Crippen LogP contribution is 2.35. The van der Waals surface area contributed by atoms with E-state index in [9.17, 15) is 14.3 Å². The molecule has 4 nitrogen and oxygen atoms in total. The summed E-state index contributed by atoms with van der Waals surface area (Å²) >= 11 is 1.25. The van der Waals surface area contributed by atoms with E-state index in [1.807, 2.05) is 0 Å². The van der Waals surface area contributed by atoms with Gasteiger partial charge in [0, 0.05) is 11.6 Å². The molecule has 25 heavy (non-hydrogen) atoms. The van der Waals surface area contributed by atoms with E-state index < -0.39 is 17.7 Å². The number of halogens is 1. The lowest BCUT2D eigenvalue weighted by Crippen LogP contribution is -2.32. The van der Waals surface area contributed by atoms with Gasteiger partial charge in [-0.15, -0.1) is 11.3 Å². The van der Waals surface area contributed by atoms with Crippen LogP contribution < -0.4 is 4.74 Å². The maximum Gasteiger partial charge on any atom is 0.206 e. The highest BCUT2D eigenvalue weighted by Gasteiger charge is 2.29. The van der Waals surface area contributed by atoms with E-state index in [-0.39, 0.29) is 11.5 Å². The second-order valence-corrected chi connectivity index (χ2v) is 7.38. The molecule has 1 N–H and O–H groups in total. The Morgan fingerprint density at radius 3 is 2.72 bits per heavy atom. The van der Waals surface area contributed by atoms with Crippen LogP contribution in [0.3, 0.4) is 0 Å². The van der Waals surface area contributed by atoms with Crippen LogP contribution in [-0.4, -0.2) is 43.0 Å². The highest BCUT2D eigenvalue weighted by atomic mass is 32.1. The molecule has 134 valence electrons. The monoisotopic (exact) mass is 363 g/mol. The standard InChI is InChI=1S/C19H22FNO3S/c1-21-8-5-12(6-9-21)17(22)15-7-10-25-19(15)18(23)14-4-3-13(24-2)11-16(14)20/h3-4,7,10-12,17,22H,5-6,8-9H2,1-2H3. The summed E-state index contributed by atoms with van der Waals surface area (Å²) in [5, 5.41) is 12.6. The van der Waals surface area contributed by atoms with Crippen molar-refractivity contribution < 1.29 is 19.0 Å². The zero-order valence-electron chi connectivity index (χ0n) is 14.4. The number of benzene rings is 1. The predicted octanol–water partition coefficient (Wildman–Crippen LogP) is 3.50. The number of hydrogen-bond acceptors (Lipinski definition) is 5. The molecule has 3 rings (SSSR count). The summed E-state index contributed by atoms with van der Waals surface area (Å²) in [5.74, 6) is -0.514. The molecule has 2 aromatic rings. The molecule has 1 aromatic heterocycles. The van der Waals surface area contributed by atoms with Gasteiger partial charge in [0.1, 0.15) is 11.6 Å². The van der Waals surface area contributed by atoms with Crippen LogP contribution in [0.5, 0.6) is 5.75 Å². The molecule has 0 spiro atoms. The third kappa shape index (κ3) is 3.76. The van der Waals surface area contributed by atoms with Crippen molar-refractivity contribution in [2.24, 2.45) is 5.92 Å². The fraction of sp³-hybridized carbons (Fsp3) is 0.421. The molecule has 6 heteroatoms. The zero-order chi connectivity index (χ0) is 18.0. The minimum absolute atomic E-state index is 0.0000718. The Morgan fingerprint density at radius 1 is 1.36 bits per heavy atom. The molecule has 1 aromatic carbocycles. The van der Waals surface area contributed by atoms with Gasteiger partial charge in [-0.05, 0) is 62.5 Å². The van der Waals surface area contributed by atoms with Gasteiger partial charge in [-0.25, -0.2) is 4.39 Å². The lowest BCUT2D eigenvalue weighted by molar-refractivity contribution is 0.0650. The van der Waals surface area contributed by atoms with Crippen LogP contribution in [0, 0.1) is 11.7 Å². The van der Waals surface area contributed by atoms with Gasteiger partial charge in [-0.1, -0.05) is 0 Å². The summed E-state index contributed by atoms with van der Waals surface area (Å²) in [6, 6.07) is 5.98. The largest absolute Gasteiger partial charge is 0.497 e. The summed E-state index contributed by atoms with van der Waals surface area (Å²) < 4.78 is 19.2. The SMILES string of the molecule is COc1ccc(C(=O)c2sccc2C(O)C2CCN(C)CC2)c(F)c1. The molecule has 0 saturated carbocycles. The highest BCUT2D eigenvalue weighted by molar-refractivity contribution is 7.12. The van der Waals surface area contributed by atoms with E-state index in [0.717, 1.165) is 25.9 Å². The second-order valence-electron chi connectivity index (χ2n) is 6.47. The van der Waals surface area contributed by atoms with Crippen LogP contribution in [0.1, 0.15) is 39.7 Å². The van der Waals surface area contributed by atoms with Crippen molar-refractivity contribution >= 4 is 17.1 Å². The summed E-state index contributed by atoms with van der Waals surface area (Å²) in [6.07, 6.45) is 1.08. The number of piperidine rings is 1. The van der Waals surface area contributed by atoms with Gasteiger partial charge < -0.3 is 14.7 Å². The van der Waals surface area contributed by atoms with E-state index in [2.05, 4.69) is 11.9 Å². The Bertz CT molecular complexity index is 753. The number of thiophene rings is 1. The number of methoxy groups -OCH3 is 1. The molecule has 0 amide bonds. The number of nitrogens with zero attached hydrogens (tertiary/aromatic N) is 1. The lowest BCUT2D eigenvalue weighted by Gasteiger charge is -2.32. The van der Waals surface area contributed by atoms with E-state index in [0.29, 0.717) is 16.2 Å². The number of carbonyl (C=O) groups excluding carboxylic acids is 1. The molecule has 0 aliphatic carbocycles. The van der Waals surface area contributed by atoms with Crippen molar-refractivity contribution in [1.82, 2.24) is 4.90 Å². The van der Waals surface area contributed by atoms with Crippen molar-refractivity contribution in [3.63, 3.8) is 0 Å². The van der Waals surface area contributed by atoms with Crippen molar-refractivity contribution in [2.75, 3.05) is 27.2 Å². The normalized spacial score (nSPS) is 17.4. The van der Waals surface area contributed by atoms with Crippen molar-refractivity contribution in [3.05, 3.63) is 51.5 Å². The van der Waals surface area contributed by atoms with Crippen molar-refractivity contribution in [1.29, 1.82) is 0 Å². The van der Waals surface area contributed by atoms with Crippen molar-refractivity contribution in [3.8, 4) is 5.75 Å². The average molecular weight is 363 g/mol. The third-order valence-electron chi connectivity index (χ3n) is 4.85. The van der Waals surface area contributed by atoms with E-state index >= 15 is 0 Å². The first-order valence-electron chi connectivity index (χ1n) is 8.33. The molecule has 1 aliphatic heterocycles. The fourth-order valence-corrected chi connectivity index (χ4v) is 4.16. The maximum absolute atomic E-state index is 14.2.